The van der Waals surface area contributed by atoms with E-state index in [1.807, 2.05) is 54.6 Å². The van der Waals surface area contributed by atoms with Crippen molar-refractivity contribution in [3.8, 4) is 0 Å². The van der Waals surface area contributed by atoms with Crippen LogP contribution in [-0.4, -0.2) is 35.8 Å². The molecule has 6 nitrogen and oxygen atoms in total. The van der Waals surface area contributed by atoms with Gasteiger partial charge in [-0.3, -0.25) is 9.69 Å². The molecule has 0 bridgehead atoms. The van der Waals surface area contributed by atoms with Crippen LogP contribution in [0.25, 0.3) is 0 Å². The summed E-state index contributed by atoms with van der Waals surface area (Å²) in [5.41, 5.74) is 2.62. The van der Waals surface area contributed by atoms with Gasteiger partial charge in [-0.05, 0) is 42.5 Å². The van der Waals surface area contributed by atoms with Crippen molar-refractivity contribution in [3.05, 3.63) is 65.7 Å². The lowest BCUT2D eigenvalue weighted by Gasteiger charge is -2.23. The van der Waals surface area contributed by atoms with E-state index in [0.717, 1.165) is 23.8 Å². The average Bonchev–Trinajstić information content (AvgIpc) is 3.22. The predicted octanol–water partition coefficient (Wildman–Crippen LogP) is 3.56. The first-order chi connectivity index (χ1) is 13.7. The maximum Gasteiger partial charge on any atom is 0.410 e. The molecule has 146 valence electrons. The average molecular weight is 380 g/mol. The van der Waals surface area contributed by atoms with Crippen molar-refractivity contribution in [3.63, 3.8) is 0 Å². The van der Waals surface area contributed by atoms with Crippen LogP contribution in [-0.2, 0) is 27.4 Å². The summed E-state index contributed by atoms with van der Waals surface area (Å²) in [6.07, 6.45) is 2.97. The Morgan fingerprint density at radius 3 is 2.54 bits per heavy atom. The topological polar surface area (TPSA) is 75.7 Å². The number of carbonyl (C=O) groups is 3. The number of likely N-dealkylation sites (tertiary alicyclic amines) is 1. The van der Waals surface area contributed by atoms with Gasteiger partial charge in [0.05, 0.1) is 0 Å². The van der Waals surface area contributed by atoms with Crippen LogP contribution in [0.2, 0.25) is 0 Å². The first kappa shape index (κ1) is 19.6. The Hall–Kier alpha value is -3.15. The Balaban J connectivity index is 1.54. The summed E-state index contributed by atoms with van der Waals surface area (Å²) >= 11 is 0. The summed E-state index contributed by atoms with van der Waals surface area (Å²) < 4.78 is 5.37. The molecule has 0 aliphatic carbocycles. The number of benzene rings is 2. The van der Waals surface area contributed by atoms with Crippen LogP contribution in [0.5, 0.6) is 0 Å². The lowest BCUT2D eigenvalue weighted by molar-refractivity contribution is -0.120. The maximum absolute atomic E-state index is 12.7. The van der Waals surface area contributed by atoms with Gasteiger partial charge in [-0.2, -0.15) is 0 Å². The minimum absolute atomic E-state index is 0.187. The molecule has 0 unspecified atom stereocenters. The second-order valence-electron chi connectivity index (χ2n) is 6.78. The zero-order valence-electron chi connectivity index (χ0n) is 15.7. The van der Waals surface area contributed by atoms with E-state index in [4.69, 9.17) is 4.74 Å². The monoisotopic (exact) mass is 380 g/mol. The second kappa shape index (κ2) is 9.69. The van der Waals surface area contributed by atoms with Crippen LogP contribution in [0.3, 0.4) is 0 Å². The number of aldehydes is 1. The van der Waals surface area contributed by atoms with E-state index in [-0.39, 0.29) is 12.5 Å². The number of ether oxygens (including phenoxy) is 1. The van der Waals surface area contributed by atoms with Crippen LogP contribution < -0.4 is 5.32 Å². The smallest absolute Gasteiger partial charge is 0.410 e. The highest BCUT2D eigenvalue weighted by Gasteiger charge is 2.35. The molecule has 3 rings (SSSR count). The van der Waals surface area contributed by atoms with Gasteiger partial charge >= 0.3 is 6.09 Å². The number of rotatable bonds is 7. The molecule has 2 aromatic rings. The summed E-state index contributed by atoms with van der Waals surface area (Å²) in [6.45, 7) is 0.698. The molecule has 1 heterocycles. The van der Waals surface area contributed by atoms with Gasteiger partial charge in [-0.1, -0.05) is 42.5 Å². The Morgan fingerprint density at radius 1 is 1.07 bits per heavy atom. The van der Waals surface area contributed by atoms with Crippen LogP contribution in [0.1, 0.15) is 30.4 Å². The number of carbonyl (C=O) groups excluding carboxylic acids is 3. The van der Waals surface area contributed by atoms with E-state index < -0.39 is 12.1 Å². The molecule has 28 heavy (non-hydrogen) atoms. The second-order valence-corrected chi connectivity index (χ2v) is 6.78. The third kappa shape index (κ3) is 5.19. The van der Waals surface area contributed by atoms with Crippen molar-refractivity contribution in [1.29, 1.82) is 0 Å². The van der Waals surface area contributed by atoms with Crippen molar-refractivity contribution in [2.45, 2.75) is 38.3 Å². The fourth-order valence-corrected chi connectivity index (χ4v) is 3.27. The summed E-state index contributed by atoms with van der Waals surface area (Å²) in [5, 5.41) is 2.87. The van der Waals surface area contributed by atoms with E-state index in [0.29, 0.717) is 31.5 Å². The molecule has 1 aliphatic heterocycles. The van der Waals surface area contributed by atoms with E-state index in [9.17, 15) is 14.4 Å². The van der Waals surface area contributed by atoms with Gasteiger partial charge in [0, 0.05) is 18.7 Å². The highest BCUT2D eigenvalue weighted by atomic mass is 16.6. The molecule has 2 amide bonds. The fourth-order valence-electron chi connectivity index (χ4n) is 3.27. The van der Waals surface area contributed by atoms with Crippen molar-refractivity contribution < 1.29 is 19.1 Å². The highest BCUT2D eigenvalue weighted by molar-refractivity contribution is 5.96. The van der Waals surface area contributed by atoms with Crippen molar-refractivity contribution >= 4 is 24.0 Å². The third-order valence-electron chi connectivity index (χ3n) is 4.77. The standard InChI is InChI=1S/C22H24N2O4/c25-15-5-8-17-10-12-19(13-11-17)23-21(26)20-9-4-14-24(20)22(27)28-16-18-6-2-1-3-7-18/h1-3,6-7,10-13,15,20H,4-5,8-9,14,16H2,(H,23,26)/t20-/m1/s1. The number of amides is 2. The van der Waals surface area contributed by atoms with Crippen molar-refractivity contribution in [2.75, 3.05) is 11.9 Å². The number of aryl methyl sites for hydroxylation is 1. The Morgan fingerprint density at radius 2 is 1.82 bits per heavy atom. The number of nitrogens with one attached hydrogen (secondary N) is 1. The fraction of sp³-hybridized carbons (Fsp3) is 0.318. The molecule has 1 N–H and O–H groups in total. The van der Waals surface area contributed by atoms with Crippen molar-refractivity contribution in [2.24, 2.45) is 0 Å². The summed E-state index contributed by atoms with van der Waals surface area (Å²) in [6, 6.07) is 16.3. The van der Waals surface area contributed by atoms with Crippen LogP contribution in [0, 0.1) is 0 Å². The molecule has 1 aliphatic rings. The van der Waals surface area contributed by atoms with E-state index in [1.54, 1.807) is 0 Å². The number of hydrogen-bond acceptors (Lipinski definition) is 4. The zero-order chi connectivity index (χ0) is 19.8. The molecule has 0 radical (unpaired) electrons. The molecule has 0 saturated carbocycles. The molecule has 1 saturated heterocycles. The zero-order valence-corrected chi connectivity index (χ0v) is 15.7. The van der Waals surface area contributed by atoms with Crippen LogP contribution in [0.4, 0.5) is 10.5 Å². The molecule has 6 heteroatoms. The van der Waals surface area contributed by atoms with Crippen molar-refractivity contribution in [1.82, 2.24) is 4.90 Å². The lowest BCUT2D eigenvalue weighted by atomic mass is 10.1. The quantitative estimate of drug-likeness (QED) is 0.745. The van der Waals surface area contributed by atoms with Gasteiger partial charge in [-0.25, -0.2) is 4.79 Å². The van der Waals surface area contributed by atoms with Gasteiger partial charge in [0.15, 0.2) is 0 Å². The number of anilines is 1. The minimum Gasteiger partial charge on any atom is -0.445 e. The van der Waals surface area contributed by atoms with Gasteiger partial charge < -0.3 is 14.8 Å². The maximum atomic E-state index is 12.7. The Kier molecular flexibility index (Phi) is 6.78. The molecule has 1 atom stereocenters. The molecular weight excluding hydrogens is 356 g/mol. The molecule has 1 fully saturated rings. The minimum atomic E-state index is -0.530. The van der Waals surface area contributed by atoms with E-state index in [2.05, 4.69) is 5.32 Å². The van der Waals surface area contributed by atoms with Gasteiger partial charge in [-0.15, -0.1) is 0 Å². The van der Waals surface area contributed by atoms with E-state index >= 15 is 0 Å². The van der Waals surface area contributed by atoms with E-state index in [1.165, 1.54) is 4.90 Å². The van der Waals surface area contributed by atoms with Crippen LogP contribution in [0.15, 0.2) is 54.6 Å². The Labute approximate surface area is 164 Å². The highest BCUT2D eigenvalue weighted by Crippen LogP contribution is 2.21. The van der Waals surface area contributed by atoms with Gasteiger partial charge in [0.1, 0.15) is 18.9 Å². The number of hydrogen-bond donors (Lipinski definition) is 1. The third-order valence-corrected chi connectivity index (χ3v) is 4.77. The first-order valence-corrected chi connectivity index (χ1v) is 9.48. The van der Waals surface area contributed by atoms with Gasteiger partial charge in [0.25, 0.3) is 0 Å². The first-order valence-electron chi connectivity index (χ1n) is 9.48. The molecule has 0 spiro atoms. The lowest BCUT2D eigenvalue weighted by Crippen LogP contribution is -2.43. The summed E-state index contributed by atoms with van der Waals surface area (Å²) in [4.78, 5) is 37.0. The summed E-state index contributed by atoms with van der Waals surface area (Å²) in [5.74, 6) is -0.213. The largest absolute Gasteiger partial charge is 0.445 e. The van der Waals surface area contributed by atoms with Gasteiger partial charge in [0.2, 0.25) is 5.91 Å². The predicted molar refractivity (Wildman–Crippen MR) is 106 cm³/mol. The summed E-state index contributed by atoms with van der Waals surface area (Å²) in [7, 11) is 0. The molecule has 2 aromatic carbocycles. The molecule has 0 aromatic heterocycles. The Bertz CT molecular complexity index is 805. The van der Waals surface area contributed by atoms with Crippen LogP contribution >= 0.6 is 0 Å². The number of nitrogens with zero attached hydrogens (tertiary/aromatic N) is 1. The normalized spacial score (nSPS) is 15.9. The SMILES string of the molecule is O=CCCc1ccc(NC(=O)[C@H]2CCCN2C(=O)OCc2ccccc2)cc1. The molecular formula is C22H24N2O4.